The van der Waals surface area contributed by atoms with Crippen LogP contribution in [0.2, 0.25) is 0 Å². The van der Waals surface area contributed by atoms with Crippen molar-refractivity contribution in [3.8, 4) is 6.07 Å². The van der Waals surface area contributed by atoms with Crippen LogP contribution in [0.3, 0.4) is 0 Å². The highest BCUT2D eigenvalue weighted by molar-refractivity contribution is 6.43. The average Bonchev–Trinajstić information content (AvgIpc) is 2.39. The van der Waals surface area contributed by atoms with Gasteiger partial charge in [0.1, 0.15) is 6.07 Å². The molecule has 0 aliphatic rings. The van der Waals surface area contributed by atoms with Gasteiger partial charge in [0.05, 0.1) is 17.7 Å². The number of rotatable bonds is 4. The van der Waals surface area contributed by atoms with Crippen LogP contribution in [0.15, 0.2) is 29.4 Å². The molecule has 0 fully saturated rings. The summed E-state index contributed by atoms with van der Waals surface area (Å²) in [4.78, 5) is 20.9. The van der Waals surface area contributed by atoms with Crippen molar-refractivity contribution in [3.05, 3.63) is 34.4 Å². The van der Waals surface area contributed by atoms with E-state index in [1.807, 2.05) is 0 Å². The maximum atomic E-state index is 11.0. The number of carbonyl (C=O) groups is 1. The van der Waals surface area contributed by atoms with Gasteiger partial charge in [0, 0.05) is 12.1 Å². The Hall–Kier alpha value is -2.95. The normalized spacial score (nSPS) is 10.3. The molecule has 0 radical (unpaired) electrons. The fourth-order valence-electron chi connectivity index (χ4n) is 0.991. The summed E-state index contributed by atoms with van der Waals surface area (Å²) in [5, 5.41) is 22.5. The van der Waals surface area contributed by atoms with Gasteiger partial charge in [-0.05, 0) is 12.1 Å². The highest BCUT2D eigenvalue weighted by Crippen LogP contribution is 2.15. The monoisotopic (exact) mass is 248 g/mol. The topological polar surface area (TPSA) is 118 Å². The van der Waals surface area contributed by atoms with Crippen molar-refractivity contribution in [2.45, 2.75) is 0 Å². The Balaban J connectivity index is 2.80. The highest BCUT2D eigenvalue weighted by atomic mass is 16.6. The summed E-state index contributed by atoms with van der Waals surface area (Å²) in [5.41, 5.74) is 2.30. The van der Waals surface area contributed by atoms with E-state index in [0.717, 1.165) is 7.11 Å². The van der Waals surface area contributed by atoms with Crippen LogP contribution in [-0.4, -0.2) is 23.7 Å². The van der Waals surface area contributed by atoms with Crippen molar-refractivity contribution in [2.75, 3.05) is 12.5 Å². The van der Waals surface area contributed by atoms with Gasteiger partial charge < -0.3 is 4.74 Å². The molecule has 0 atom stereocenters. The van der Waals surface area contributed by atoms with Gasteiger partial charge in [-0.25, -0.2) is 4.79 Å². The Kier molecular flexibility index (Phi) is 4.34. The Morgan fingerprint density at radius 2 is 2.11 bits per heavy atom. The first-order valence-corrected chi connectivity index (χ1v) is 4.65. The van der Waals surface area contributed by atoms with Crippen molar-refractivity contribution in [1.29, 1.82) is 5.26 Å². The van der Waals surface area contributed by atoms with E-state index in [1.165, 1.54) is 24.3 Å². The van der Waals surface area contributed by atoms with E-state index >= 15 is 0 Å². The molecule has 0 bridgehead atoms. The molecule has 0 saturated heterocycles. The van der Waals surface area contributed by atoms with Crippen LogP contribution in [-0.2, 0) is 9.53 Å². The first-order valence-electron chi connectivity index (χ1n) is 4.65. The van der Waals surface area contributed by atoms with Crippen LogP contribution in [0.4, 0.5) is 11.4 Å². The predicted molar refractivity (Wildman–Crippen MR) is 61.8 cm³/mol. The number of benzene rings is 1. The van der Waals surface area contributed by atoms with E-state index in [4.69, 9.17) is 5.26 Å². The lowest BCUT2D eigenvalue weighted by Gasteiger charge is -2.00. The molecule has 0 aliphatic heterocycles. The number of nitriles is 1. The molecule has 0 saturated carbocycles. The van der Waals surface area contributed by atoms with Gasteiger partial charge in [-0.3, -0.25) is 15.5 Å². The minimum atomic E-state index is -0.869. The zero-order valence-electron chi connectivity index (χ0n) is 9.28. The fraction of sp³-hybridized carbons (Fsp3) is 0.100. The molecular weight excluding hydrogens is 240 g/mol. The summed E-state index contributed by atoms with van der Waals surface area (Å²) >= 11 is 0. The number of nitro groups is 1. The van der Waals surface area contributed by atoms with Crippen LogP contribution in [0.1, 0.15) is 0 Å². The molecule has 8 heteroatoms. The number of non-ortho nitro benzene ring substituents is 1. The summed E-state index contributed by atoms with van der Waals surface area (Å²) < 4.78 is 4.32. The van der Waals surface area contributed by atoms with Gasteiger partial charge in [0.2, 0.25) is 5.71 Å². The lowest BCUT2D eigenvalue weighted by atomic mass is 10.3. The van der Waals surface area contributed by atoms with Crippen LogP contribution >= 0.6 is 0 Å². The minimum Gasteiger partial charge on any atom is -0.464 e. The molecule has 0 aliphatic carbocycles. The first kappa shape index (κ1) is 13.1. The summed E-state index contributed by atoms with van der Waals surface area (Å²) in [6.07, 6.45) is 0. The summed E-state index contributed by atoms with van der Waals surface area (Å²) in [7, 11) is 1.13. The largest absolute Gasteiger partial charge is 0.464 e. The SMILES string of the molecule is COC(=O)/C(C#N)=N\Nc1ccc([N+](=O)[O-])cc1. The Morgan fingerprint density at radius 3 is 2.56 bits per heavy atom. The summed E-state index contributed by atoms with van der Waals surface area (Å²) in [6, 6.07) is 6.88. The quantitative estimate of drug-likeness (QED) is 0.368. The number of ether oxygens (including phenoxy) is 1. The average molecular weight is 248 g/mol. The predicted octanol–water partition coefficient (Wildman–Crippen LogP) is 1.06. The third-order valence-corrected chi connectivity index (χ3v) is 1.86. The second kappa shape index (κ2) is 5.95. The van der Waals surface area contributed by atoms with E-state index < -0.39 is 16.6 Å². The van der Waals surface area contributed by atoms with Crippen molar-refractivity contribution in [2.24, 2.45) is 5.10 Å². The van der Waals surface area contributed by atoms with Crippen molar-refractivity contribution in [3.63, 3.8) is 0 Å². The molecule has 8 nitrogen and oxygen atoms in total. The number of hydrogen-bond donors (Lipinski definition) is 1. The van der Waals surface area contributed by atoms with Gasteiger partial charge in [0.15, 0.2) is 0 Å². The van der Waals surface area contributed by atoms with Crippen LogP contribution in [0.5, 0.6) is 0 Å². The Labute approximate surface area is 102 Å². The third-order valence-electron chi connectivity index (χ3n) is 1.86. The third kappa shape index (κ3) is 3.28. The molecule has 0 heterocycles. The number of nitrogens with one attached hydrogen (secondary N) is 1. The van der Waals surface area contributed by atoms with Crippen LogP contribution in [0.25, 0.3) is 0 Å². The minimum absolute atomic E-state index is 0.0713. The Morgan fingerprint density at radius 1 is 1.50 bits per heavy atom. The lowest BCUT2D eigenvalue weighted by molar-refractivity contribution is -0.384. The molecule has 0 spiro atoms. The molecule has 1 aromatic carbocycles. The molecule has 92 valence electrons. The standard InChI is InChI=1S/C10H8N4O4/c1-18-10(15)9(6-11)13-12-7-2-4-8(5-3-7)14(16)17/h2-5,12H,1H3/b13-9-. The second-order valence-corrected chi connectivity index (χ2v) is 2.98. The maximum Gasteiger partial charge on any atom is 0.369 e. The van der Waals surface area contributed by atoms with E-state index in [2.05, 4.69) is 15.3 Å². The first-order chi connectivity index (χ1) is 8.58. The van der Waals surface area contributed by atoms with E-state index in [-0.39, 0.29) is 5.69 Å². The molecule has 1 N–H and O–H groups in total. The van der Waals surface area contributed by atoms with E-state index in [9.17, 15) is 14.9 Å². The van der Waals surface area contributed by atoms with Crippen molar-refractivity contribution < 1.29 is 14.5 Å². The second-order valence-electron chi connectivity index (χ2n) is 2.98. The molecule has 0 aromatic heterocycles. The molecular formula is C10H8N4O4. The van der Waals surface area contributed by atoms with Gasteiger partial charge in [-0.1, -0.05) is 0 Å². The Bertz CT molecular complexity index is 530. The zero-order chi connectivity index (χ0) is 13.5. The molecule has 1 rings (SSSR count). The molecule has 1 aromatic rings. The number of nitro benzene ring substituents is 1. The number of carbonyl (C=O) groups excluding carboxylic acids is 1. The number of anilines is 1. The van der Waals surface area contributed by atoms with Gasteiger partial charge in [-0.2, -0.15) is 10.4 Å². The number of hydrogen-bond acceptors (Lipinski definition) is 7. The number of nitrogens with zero attached hydrogens (tertiary/aromatic N) is 3. The molecule has 0 unspecified atom stereocenters. The van der Waals surface area contributed by atoms with Crippen LogP contribution in [0, 0.1) is 21.4 Å². The van der Waals surface area contributed by atoms with Gasteiger partial charge in [0.25, 0.3) is 5.69 Å². The van der Waals surface area contributed by atoms with E-state index in [0.29, 0.717) is 5.69 Å². The summed E-state index contributed by atoms with van der Waals surface area (Å²) in [5.74, 6) is -0.869. The van der Waals surface area contributed by atoms with E-state index in [1.54, 1.807) is 6.07 Å². The zero-order valence-corrected chi connectivity index (χ0v) is 9.28. The number of esters is 1. The summed E-state index contributed by atoms with van der Waals surface area (Å²) in [6.45, 7) is 0. The lowest BCUT2D eigenvalue weighted by Crippen LogP contribution is -2.15. The van der Waals surface area contributed by atoms with Gasteiger partial charge >= 0.3 is 5.97 Å². The number of hydrazone groups is 1. The van der Waals surface area contributed by atoms with Crippen LogP contribution < -0.4 is 5.43 Å². The molecule has 18 heavy (non-hydrogen) atoms. The van der Waals surface area contributed by atoms with Crippen molar-refractivity contribution in [1.82, 2.24) is 0 Å². The molecule has 0 amide bonds. The van der Waals surface area contributed by atoms with Crippen molar-refractivity contribution >= 4 is 23.1 Å². The fourth-order valence-corrected chi connectivity index (χ4v) is 0.991. The van der Waals surface area contributed by atoms with Gasteiger partial charge in [-0.15, -0.1) is 0 Å². The number of methoxy groups -OCH3 is 1. The smallest absolute Gasteiger partial charge is 0.369 e. The maximum absolute atomic E-state index is 11.0. The highest BCUT2D eigenvalue weighted by Gasteiger charge is 2.10.